The van der Waals surface area contributed by atoms with Crippen LogP contribution in [0.5, 0.6) is 0 Å². The summed E-state index contributed by atoms with van der Waals surface area (Å²) in [5.74, 6) is 0.590. The lowest BCUT2D eigenvalue weighted by Gasteiger charge is -2.13. The van der Waals surface area contributed by atoms with Crippen LogP contribution in [0.2, 0.25) is 5.02 Å². The number of benzene rings is 1. The maximum atomic E-state index is 5.99. The van der Waals surface area contributed by atoms with Gasteiger partial charge in [-0.15, -0.1) is 0 Å². The van der Waals surface area contributed by atoms with Crippen LogP contribution in [0, 0.1) is 0 Å². The Morgan fingerprint density at radius 3 is 2.91 bits per heavy atom. The van der Waals surface area contributed by atoms with Crippen LogP contribution in [-0.2, 0) is 20.1 Å². The zero-order valence-electron chi connectivity index (χ0n) is 12.5. The van der Waals surface area contributed by atoms with E-state index in [1.807, 2.05) is 50.8 Å². The van der Waals surface area contributed by atoms with Crippen molar-refractivity contribution in [1.29, 1.82) is 0 Å². The molecule has 0 aliphatic carbocycles. The molecule has 3 rings (SSSR count). The quantitative estimate of drug-likeness (QED) is 0.724. The smallest absolute Gasteiger partial charge is 0.226 e. The Balaban J connectivity index is 1.66. The van der Waals surface area contributed by atoms with E-state index in [4.69, 9.17) is 16.0 Å². The van der Waals surface area contributed by atoms with Gasteiger partial charge in [0, 0.05) is 42.5 Å². The predicted molar refractivity (Wildman–Crippen MR) is 85.3 cm³/mol. The second kappa shape index (κ2) is 6.34. The summed E-state index contributed by atoms with van der Waals surface area (Å²) < 4.78 is 7.35. The van der Waals surface area contributed by atoms with Crippen LogP contribution in [0.25, 0.3) is 11.5 Å². The first-order valence-corrected chi connectivity index (χ1v) is 7.34. The highest BCUT2D eigenvalue weighted by atomic mass is 35.5. The van der Waals surface area contributed by atoms with Crippen LogP contribution >= 0.6 is 11.6 Å². The van der Waals surface area contributed by atoms with Gasteiger partial charge < -0.3 is 4.42 Å². The summed E-state index contributed by atoms with van der Waals surface area (Å²) in [6, 6.07) is 7.49. The third-order valence-electron chi connectivity index (χ3n) is 3.27. The fourth-order valence-corrected chi connectivity index (χ4v) is 2.52. The largest absolute Gasteiger partial charge is 0.444 e. The molecule has 0 aliphatic rings. The summed E-state index contributed by atoms with van der Waals surface area (Å²) in [6.45, 7) is 1.52. The summed E-state index contributed by atoms with van der Waals surface area (Å²) in [5.41, 5.74) is 2.94. The molecule has 0 unspecified atom stereocenters. The summed E-state index contributed by atoms with van der Waals surface area (Å²) >= 11 is 5.99. The predicted octanol–water partition coefficient (Wildman–Crippen LogP) is 3.36. The molecule has 114 valence electrons. The average Bonchev–Trinajstić information content (AvgIpc) is 3.08. The van der Waals surface area contributed by atoms with Gasteiger partial charge in [-0.25, -0.2) is 4.98 Å². The fraction of sp³-hybridized carbons (Fsp3) is 0.250. The van der Waals surface area contributed by atoms with Gasteiger partial charge in [0.1, 0.15) is 6.26 Å². The number of rotatable bonds is 5. The van der Waals surface area contributed by atoms with E-state index in [-0.39, 0.29) is 0 Å². The number of aromatic nitrogens is 3. The lowest BCUT2D eigenvalue weighted by atomic mass is 10.2. The van der Waals surface area contributed by atoms with Crippen molar-refractivity contribution in [1.82, 2.24) is 19.7 Å². The molecule has 0 spiro atoms. The van der Waals surface area contributed by atoms with Gasteiger partial charge in [-0.05, 0) is 25.2 Å². The Bertz CT molecular complexity index is 765. The molecule has 22 heavy (non-hydrogen) atoms. The van der Waals surface area contributed by atoms with E-state index < -0.39 is 0 Å². The summed E-state index contributed by atoms with van der Waals surface area (Å²) in [4.78, 5) is 6.68. The monoisotopic (exact) mass is 316 g/mol. The van der Waals surface area contributed by atoms with Crippen molar-refractivity contribution in [2.45, 2.75) is 13.1 Å². The zero-order valence-corrected chi connectivity index (χ0v) is 13.3. The molecular weight excluding hydrogens is 300 g/mol. The van der Waals surface area contributed by atoms with Crippen molar-refractivity contribution < 1.29 is 4.42 Å². The number of hydrogen-bond donors (Lipinski definition) is 0. The highest BCUT2D eigenvalue weighted by Crippen LogP contribution is 2.22. The average molecular weight is 317 g/mol. The molecule has 0 saturated heterocycles. The normalized spacial score (nSPS) is 11.3. The van der Waals surface area contributed by atoms with Gasteiger partial charge in [-0.2, -0.15) is 5.10 Å². The first-order chi connectivity index (χ1) is 10.6. The zero-order chi connectivity index (χ0) is 15.5. The maximum Gasteiger partial charge on any atom is 0.226 e. The summed E-state index contributed by atoms with van der Waals surface area (Å²) in [5, 5.41) is 4.84. The molecule has 0 bridgehead atoms. The van der Waals surface area contributed by atoms with Crippen molar-refractivity contribution in [3.05, 3.63) is 59.2 Å². The van der Waals surface area contributed by atoms with Gasteiger partial charge in [-0.3, -0.25) is 9.58 Å². The molecule has 0 N–H and O–H groups in total. The SMILES string of the molecule is CN(Cc1cnn(C)c1)Cc1coc(-c2cccc(Cl)c2)n1. The van der Waals surface area contributed by atoms with E-state index in [9.17, 15) is 0 Å². The van der Waals surface area contributed by atoms with Crippen LogP contribution in [0.15, 0.2) is 47.3 Å². The summed E-state index contributed by atoms with van der Waals surface area (Å²) in [7, 11) is 3.96. The van der Waals surface area contributed by atoms with Crippen LogP contribution in [0.4, 0.5) is 0 Å². The first-order valence-electron chi connectivity index (χ1n) is 6.96. The van der Waals surface area contributed by atoms with Crippen molar-refractivity contribution in [2.24, 2.45) is 7.05 Å². The van der Waals surface area contributed by atoms with E-state index >= 15 is 0 Å². The molecule has 0 amide bonds. The maximum absolute atomic E-state index is 5.99. The van der Waals surface area contributed by atoms with Crippen LogP contribution in [0.3, 0.4) is 0 Å². The van der Waals surface area contributed by atoms with Gasteiger partial charge >= 0.3 is 0 Å². The summed E-state index contributed by atoms with van der Waals surface area (Å²) in [6.07, 6.45) is 5.57. The minimum atomic E-state index is 0.590. The number of hydrogen-bond acceptors (Lipinski definition) is 4. The molecule has 5 nitrogen and oxygen atoms in total. The van der Waals surface area contributed by atoms with Crippen LogP contribution in [-0.4, -0.2) is 26.7 Å². The van der Waals surface area contributed by atoms with Gasteiger partial charge in [0.2, 0.25) is 5.89 Å². The van der Waals surface area contributed by atoms with E-state index in [0.29, 0.717) is 17.5 Å². The molecule has 6 heteroatoms. The number of halogens is 1. The van der Waals surface area contributed by atoms with Crippen molar-refractivity contribution >= 4 is 11.6 Å². The highest BCUT2D eigenvalue weighted by Gasteiger charge is 2.10. The van der Waals surface area contributed by atoms with Crippen molar-refractivity contribution in [2.75, 3.05) is 7.05 Å². The second-order valence-corrected chi connectivity index (χ2v) is 5.79. The second-order valence-electron chi connectivity index (χ2n) is 5.35. The van der Waals surface area contributed by atoms with Crippen molar-refractivity contribution in [3.8, 4) is 11.5 Å². The first kappa shape index (κ1) is 14.8. The van der Waals surface area contributed by atoms with E-state index in [1.165, 1.54) is 5.56 Å². The molecule has 0 atom stereocenters. The molecular formula is C16H17ClN4O. The lowest BCUT2D eigenvalue weighted by molar-refractivity contribution is 0.314. The van der Waals surface area contributed by atoms with E-state index in [2.05, 4.69) is 15.0 Å². The van der Waals surface area contributed by atoms with Gasteiger partial charge in [0.05, 0.1) is 11.9 Å². The van der Waals surface area contributed by atoms with Crippen molar-refractivity contribution in [3.63, 3.8) is 0 Å². The highest BCUT2D eigenvalue weighted by molar-refractivity contribution is 6.30. The van der Waals surface area contributed by atoms with Gasteiger partial charge in [-0.1, -0.05) is 17.7 Å². The minimum absolute atomic E-state index is 0.590. The Kier molecular flexibility index (Phi) is 4.27. The van der Waals surface area contributed by atoms with Gasteiger partial charge in [0.25, 0.3) is 0 Å². The minimum Gasteiger partial charge on any atom is -0.444 e. The van der Waals surface area contributed by atoms with Crippen LogP contribution in [0.1, 0.15) is 11.3 Å². The molecule has 2 heterocycles. The molecule has 0 aliphatic heterocycles. The Morgan fingerprint density at radius 1 is 1.32 bits per heavy atom. The Morgan fingerprint density at radius 2 is 2.18 bits per heavy atom. The van der Waals surface area contributed by atoms with E-state index in [0.717, 1.165) is 17.8 Å². The molecule has 3 aromatic rings. The van der Waals surface area contributed by atoms with Gasteiger partial charge in [0.15, 0.2) is 0 Å². The van der Waals surface area contributed by atoms with E-state index in [1.54, 1.807) is 10.9 Å². The van der Waals surface area contributed by atoms with Crippen LogP contribution < -0.4 is 0 Å². The molecule has 0 radical (unpaired) electrons. The molecule has 0 fully saturated rings. The number of oxazole rings is 1. The Labute approximate surface area is 134 Å². The molecule has 0 saturated carbocycles. The number of aryl methyl sites for hydroxylation is 1. The topological polar surface area (TPSA) is 47.1 Å². The number of nitrogens with zero attached hydrogens (tertiary/aromatic N) is 4. The Hall–Kier alpha value is -2.11. The molecule has 2 aromatic heterocycles. The third kappa shape index (κ3) is 3.55. The standard InChI is InChI=1S/C16H17ClN4O/c1-20(8-12-7-18-21(2)9-12)10-15-11-22-16(19-15)13-4-3-5-14(17)6-13/h3-7,9,11H,8,10H2,1-2H3. The third-order valence-corrected chi connectivity index (χ3v) is 3.50. The fourth-order valence-electron chi connectivity index (χ4n) is 2.33. The lowest BCUT2D eigenvalue weighted by Crippen LogP contribution is -2.17. The molecule has 1 aromatic carbocycles.